The molecule has 1 saturated heterocycles. The average Bonchev–Trinajstić information content (AvgIpc) is 2.80. The summed E-state index contributed by atoms with van der Waals surface area (Å²) >= 11 is 5.61. The number of benzene rings is 1. The summed E-state index contributed by atoms with van der Waals surface area (Å²) in [6.07, 6.45) is 0.987. The molecule has 4 heteroatoms. The van der Waals surface area contributed by atoms with Crippen molar-refractivity contribution in [3.05, 3.63) is 29.6 Å². The van der Waals surface area contributed by atoms with Crippen LogP contribution in [0, 0.1) is 11.7 Å². The van der Waals surface area contributed by atoms with Gasteiger partial charge in [-0.3, -0.25) is 0 Å². The monoisotopic (exact) mass is 244 g/mol. The molecule has 0 amide bonds. The van der Waals surface area contributed by atoms with E-state index in [9.17, 15) is 4.39 Å². The summed E-state index contributed by atoms with van der Waals surface area (Å²) < 4.78 is 24.1. The van der Waals surface area contributed by atoms with Crippen LogP contribution < -0.4 is 4.74 Å². The van der Waals surface area contributed by atoms with Gasteiger partial charge in [0, 0.05) is 18.4 Å². The Bertz CT molecular complexity index is 351. The van der Waals surface area contributed by atoms with Crippen molar-refractivity contribution in [2.45, 2.75) is 12.3 Å². The van der Waals surface area contributed by atoms with E-state index in [-0.39, 0.29) is 5.82 Å². The first kappa shape index (κ1) is 11.7. The van der Waals surface area contributed by atoms with Crippen LogP contribution in [0.5, 0.6) is 5.75 Å². The van der Waals surface area contributed by atoms with E-state index < -0.39 is 0 Å². The second-order valence-electron chi connectivity index (χ2n) is 3.94. The zero-order chi connectivity index (χ0) is 11.4. The van der Waals surface area contributed by atoms with E-state index in [1.54, 1.807) is 12.1 Å². The lowest BCUT2D eigenvalue weighted by Crippen LogP contribution is -2.12. The molecule has 16 heavy (non-hydrogen) atoms. The summed E-state index contributed by atoms with van der Waals surface area (Å²) in [5, 5.41) is 0. The number of hydrogen-bond donors (Lipinski definition) is 0. The van der Waals surface area contributed by atoms with Crippen LogP contribution in [0.4, 0.5) is 4.39 Å². The third kappa shape index (κ3) is 2.86. The lowest BCUT2D eigenvalue weighted by Gasteiger charge is -2.11. The highest BCUT2D eigenvalue weighted by Gasteiger charge is 2.17. The smallest absolute Gasteiger partial charge is 0.165 e. The minimum Gasteiger partial charge on any atom is -0.490 e. The summed E-state index contributed by atoms with van der Waals surface area (Å²) in [6.45, 7) is 2.00. The lowest BCUT2D eigenvalue weighted by atomic mass is 10.1. The van der Waals surface area contributed by atoms with Crippen molar-refractivity contribution in [1.29, 1.82) is 0 Å². The van der Waals surface area contributed by atoms with Crippen LogP contribution in [0.1, 0.15) is 12.0 Å². The van der Waals surface area contributed by atoms with Crippen LogP contribution in [0.25, 0.3) is 0 Å². The Kier molecular flexibility index (Phi) is 4.02. The van der Waals surface area contributed by atoms with E-state index in [1.807, 2.05) is 0 Å². The third-order valence-corrected chi connectivity index (χ3v) is 2.96. The first-order chi connectivity index (χ1) is 7.79. The zero-order valence-corrected chi connectivity index (χ0v) is 9.67. The summed E-state index contributed by atoms with van der Waals surface area (Å²) in [6, 6.07) is 4.81. The minimum absolute atomic E-state index is 0.292. The van der Waals surface area contributed by atoms with Crippen LogP contribution in [-0.2, 0) is 10.6 Å². The normalized spacial score (nSPS) is 20.0. The van der Waals surface area contributed by atoms with E-state index in [0.29, 0.717) is 30.8 Å². The minimum atomic E-state index is -0.350. The molecule has 1 unspecified atom stereocenters. The molecule has 0 radical (unpaired) electrons. The van der Waals surface area contributed by atoms with Gasteiger partial charge in [-0.2, -0.15) is 0 Å². The van der Waals surface area contributed by atoms with Crippen molar-refractivity contribution in [3.63, 3.8) is 0 Å². The number of rotatable bonds is 4. The first-order valence-corrected chi connectivity index (χ1v) is 5.88. The molecule has 2 nitrogen and oxygen atoms in total. The van der Waals surface area contributed by atoms with Gasteiger partial charge in [0.2, 0.25) is 0 Å². The van der Waals surface area contributed by atoms with Gasteiger partial charge in [-0.1, -0.05) is 6.07 Å². The molecule has 0 aromatic heterocycles. The molecule has 1 aliphatic rings. The molecule has 0 aliphatic carbocycles. The van der Waals surface area contributed by atoms with E-state index in [2.05, 4.69) is 0 Å². The molecular formula is C12H14ClFO2. The van der Waals surface area contributed by atoms with Crippen molar-refractivity contribution in [3.8, 4) is 5.75 Å². The fraction of sp³-hybridized carbons (Fsp3) is 0.500. The molecule has 1 aromatic carbocycles. The van der Waals surface area contributed by atoms with E-state index in [0.717, 1.165) is 18.6 Å². The quantitative estimate of drug-likeness (QED) is 0.758. The maximum absolute atomic E-state index is 13.5. The zero-order valence-electron chi connectivity index (χ0n) is 8.92. The molecule has 0 N–H and O–H groups in total. The van der Waals surface area contributed by atoms with Gasteiger partial charge in [-0.15, -0.1) is 11.6 Å². The molecule has 1 aromatic rings. The third-order valence-electron chi connectivity index (χ3n) is 2.65. The highest BCUT2D eigenvalue weighted by molar-refractivity contribution is 6.17. The summed E-state index contributed by atoms with van der Waals surface area (Å²) in [4.78, 5) is 0. The van der Waals surface area contributed by atoms with Gasteiger partial charge in [-0.05, 0) is 24.1 Å². The van der Waals surface area contributed by atoms with Crippen LogP contribution in [-0.4, -0.2) is 19.8 Å². The fourth-order valence-corrected chi connectivity index (χ4v) is 1.83. The maximum atomic E-state index is 13.5. The van der Waals surface area contributed by atoms with Crippen LogP contribution in [0.3, 0.4) is 0 Å². The number of hydrogen-bond acceptors (Lipinski definition) is 2. The molecule has 88 valence electrons. The number of halogens is 2. The van der Waals surface area contributed by atoms with Gasteiger partial charge < -0.3 is 9.47 Å². The Labute approximate surface area is 99.3 Å². The molecule has 1 fully saturated rings. The number of ether oxygens (including phenoxy) is 2. The summed E-state index contributed by atoms with van der Waals surface area (Å²) in [5.74, 6) is 0.637. The molecule has 1 aliphatic heterocycles. The highest BCUT2D eigenvalue weighted by Crippen LogP contribution is 2.21. The van der Waals surface area contributed by atoms with Crippen LogP contribution in [0.2, 0.25) is 0 Å². The molecular weight excluding hydrogens is 231 g/mol. The van der Waals surface area contributed by atoms with E-state index in [1.165, 1.54) is 6.07 Å². The van der Waals surface area contributed by atoms with Crippen molar-refractivity contribution in [2.75, 3.05) is 19.8 Å². The van der Waals surface area contributed by atoms with Gasteiger partial charge >= 0.3 is 0 Å². The Balaban J connectivity index is 1.93. The van der Waals surface area contributed by atoms with Gasteiger partial charge in [0.1, 0.15) is 0 Å². The average molecular weight is 245 g/mol. The second kappa shape index (κ2) is 5.51. The summed E-state index contributed by atoms with van der Waals surface area (Å²) in [7, 11) is 0. The van der Waals surface area contributed by atoms with E-state index in [4.69, 9.17) is 21.1 Å². The van der Waals surface area contributed by atoms with Crippen LogP contribution in [0.15, 0.2) is 18.2 Å². The van der Waals surface area contributed by atoms with Crippen molar-refractivity contribution in [2.24, 2.45) is 5.92 Å². The first-order valence-electron chi connectivity index (χ1n) is 5.34. The van der Waals surface area contributed by atoms with Gasteiger partial charge in [0.05, 0.1) is 13.2 Å². The van der Waals surface area contributed by atoms with Crippen molar-refractivity contribution < 1.29 is 13.9 Å². The largest absolute Gasteiger partial charge is 0.490 e. The fourth-order valence-electron chi connectivity index (χ4n) is 1.67. The van der Waals surface area contributed by atoms with Crippen molar-refractivity contribution in [1.82, 2.24) is 0 Å². The Morgan fingerprint density at radius 1 is 1.50 bits per heavy atom. The van der Waals surface area contributed by atoms with Crippen molar-refractivity contribution >= 4 is 11.6 Å². The second-order valence-corrected chi connectivity index (χ2v) is 4.21. The standard InChI is InChI=1S/C12H14ClFO2/c13-6-9-1-2-12(11(14)5-9)16-8-10-3-4-15-7-10/h1-2,5,10H,3-4,6-8H2. The Hall–Kier alpha value is -0.800. The van der Waals surface area contributed by atoms with Gasteiger partial charge in [-0.25, -0.2) is 4.39 Å². The molecule has 0 saturated carbocycles. The maximum Gasteiger partial charge on any atom is 0.165 e. The molecule has 0 spiro atoms. The van der Waals surface area contributed by atoms with Crippen LogP contribution >= 0.6 is 11.6 Å². The molecule has 2 rings (SSSR count). The number of alkyl halides is 1. The lowest BCUT2D eigenvalue weighted by molar-refractivity contribution is 0.165. The Morgan fingerprint density at radius 2 is 2.38 bits per heavy atom. The predicted molar refractivity (Wildman–Crippen MR) is 60.4 cm³/mol. The predicted octanol–water partition coefficient (Wildman–Crippen LogP) is 2.98. The highest BCUT2D eigenvalue weighted by atomic mass is 35.5. The molecule has 1 atom stereocenters. The van der Waals surface area contributed by atoms with Gasteiger partial charge in [0.15, 0.2) is 11.6 Å². The van der Waals surface area contributed by atoms with E-state index >= 15 is 0 Å². The molecule has 0 bridgehead atoms. The topological polar surface area (TPSA) is 18.5 Å². The SMILES string of the molecule is Fc1cc(CCl)ccc1OCC1CCOC1. The van der Waals surface area contributed by atoms with Gasteiger partial charge in [0.25, 0.3) is 0 Å². The molecule has 1 heterocycles. The Morgan fingerprint density at radius 3 is 3.00 bits per heavy atom. The summed E-state index contributed by atoms with van der Waals surface area (Å²) in [5.41, 5.74) is 0.760.